The molecule has 6 heteroatoms. The highest BCUT2D eigenvalue weighted by atomic mass is 32.2. The minimum Gasteiger partial charge on any atom is -0.321 e. The molecule has 1 rings (SSSR count). The van der Waals surface area contributed by atoms with E-state index in [2.05, 4.69) is 4.98 Å². The second kappa shape index (κ2) is 3.30. The van der Waals surface area contributed by atoms with Crippen LogP contribution in [0.2, 0.25) is 0 Å². The lowest BCUT2D eigenvalue weighted by Gasteiger charge is -2.17. The molecule has 1 heterocycles. The second-order valence-corrected chi connectivity index (χ2v) is 5.21. The minimum absolute atomic E-state index is 0.00880. The van der Waals surface area contributed by atoms with Gasteiger partial charge in [-0.3, -0.25) is 4.98 Å². The van der Waals surface area contributed by atoms with Crippen molar-refractivity contribution in [3.8, 4) is 0 Å². The zero-order valence-corrected chi connectivity index (χ0v) is 8.88. The summed E-state index contributed by atoms with van der Waals surface area (Å²) in [6.07, 6.45) is 1.21. The van der Waals surface area contributed by atoms with Gasteiger partial charge in [0.2, 0.25) is 10.0 Å². The predicted molar refractivity (Wildman–Crippen MR) is 52.8 cm³/mol. The largest absolute Gasteiger partial charge is 0.321 e. The van der Waals surface area contributed by atoms with Gasteiger partial charge in [0.1, 0.15) is 4.90 Å². The number of hydrogen-bond donors (Lipinski definition) is 2. The van der Waals surface area contributed by atoms with Crippen LogP contribution < -0.4 is 10.9 Å². The fraction of sp³-hybridized carbons (Fsp3) is 0.375. The third-order valence-corrected chi connectivity index (χ3v) is 2.62. The van der Waals surface area contributed by atoms with E-state index < -0.39 is 15.6 Å². The Bertz CT molecular complexity index is 417. The van der Waals surface area contributed by atoms with Gasteiger partial charge in [-0.05, 0) is 26.0 Å². The SMILES string of the molecule is CC(C)(N)c1ccc(S(N)(=O)=O)cn1. The molecule has 1 aromatic heterocycles. The van der Waals surface area contributed by atoms with Gasteiger partial charge in [0, 0.05) is 6.20 Å². The summed E-state index contributed by atoms with van der Waals surface area (Å²) >= 11 is 0. The van der Waals surface area contributed by atoms with Crippen LogP contribution in [-0.4, -0.2) is 13.4 Å². The van der Waals surface area contributed by atoms with Crippen LogP contribution in [-0.2, 0) is 15.6 Å². The van der Waals surface area contributed by atoms with Gasteiger partial charge in [-0.2, -0.15) is 0 Å². The molecule has 0 saturated carbocycles. The monoisotopic (exact) mass is 215 g/mol. The van der Waals surface area contributed by atoms with Crippen LogP contribution in [0.4, 0.5) is 0 Å². The highest BCUT2D eigenvalue weighted by molar-refractivity contribution is 7.89. The van der Waals surface area contributed by atoms with Crippen LogP contribution in [0.1, 0.15) is 19.5 Å². The Kier molecular flexibility index (Phi) is 2.62. The molecule has 14 heavy (non-hydrogen) atoms. The van der Waals surface area contributed by atoms with Gasteiger partial charge in [0.05, 0.1) is 11.2 Å². The molecule has 0 aliphatic heterocycles. The smallest absolute Gasteiger partial charge is 0.239 e. The Hall–Kier alpha value is -0.980. The van der Waals surface area contributed by atoms with Crippen molar-refractivity contribution in [3.63, 3.8) is 0 Å². The van der Waals surface area contributed by atoms with E-state index >= 15 is 0 Å². The predicted octanol–water partition coefficient (Wildman–Crippen LogP) is -0.0772. The van der Waals surface area contributed by atoms with Gasteiger partial charge in [-0.1, -0.05) is 0 Å². The van der Waals surface area contributed by atoms with Gasteiger partial charge in [0.25, 0.3) is 0 Å². The highest BCUT2D eigenvalue weighted by Gasteiger charge is 2.16. The van der Waals surface area contributed by atoms with Gasteiger partial charge < -0.3 is 5.73 Å². The van der Waals surface area contributed by atoms with Gasteiger partial charge in [-0.15, -0.1) is 0 Å². The van der Waals surface area contributed by atoms with Crippen molar-refractivity contribution in [1.29, 1.82) is 0 Å². The van der Waals surface area contributed by atoms with Crippen molar-refractivity contribution in [2.45, 2.75) is 24.3 Å². The molecule has 0 radical (unpaired) electrons. The van der Waals surface area contributed by atoms with E-state index in [1.165, 1.54) is 12.3 Å². The lowest BCUT2D eigenvalue weighted by Crippen LogP contribution is -2.30. The number of nitrogens with two attached hydrogens (primary N) is 2. The number of sulfonamides is 1. The number of nitrogens with zero attached hydrogens (tertiary/aromatic N) is 1. The Balaban J connectivity index is 3.14. The molecule has 0 spiro atoms. The summed E-state index contributed by atoms with van der Waals surface area (Å²) in [6.45, 7) is 3.57. The molecule has 0 aromatic carbocycles. The molecule has 0 bridgehead atoms. The Morgan fingerprint density at radius 3 is 2.21 bits per heavy atom. The van der Waals surface area contributed by atoms with Crippen LogP contribution >= 0.6 is 0 Å². The van der Waals surface area contributed by atoms with Crippen molar-refractivity contribution in [3.05, 3.63) is 24.0 Å². The fourth-order valence-electron chi connectivity index (χ4n) is 0.930. The summed E-state index contributed by atoms with van der Waals surface area (Å²) in [4.78, 5) is 3.92. The first-order valence-corrected chi connectivity index (χ1v) is 5.54. The number of primary sulfonamides is 1. The quantitative estimate of drug-likeness (QED) is 0.720. The van der Waals surface area contributed by atoms with Crippen molar-refractivity contribution >= 4 is 10.0 Å². The van der Waals surface area contributed by atoms with E-state index in [0.29, 0.717) is 5.69 Å². The summed E-state index contributed by atoms with van der Waals surface area (Å²) in [5, 5.41) is 4.92. The van der Waals surface area contributed by atoms with E-state index in [4.69, 9.17) is 10.9 Å². The zero-order valence-electron chi connectivity index (χ0n) is 8.06. The third kappa shape index (κ3) is 2.50. The van der Waals surface area contributed by atoms with Crippen molar-refractivity contribution in [2.75, 3.05) is 0 Å². The molecule has 1 aromatic rings. The highest BCUT2D eigenvalue weighted by Crippen LogP contribution is 2.15. The van der Waals surface area contributed by atoms with Crippen molar-refractivity contribution < 1.29 is 8.42 Å². The van der Waals surface area contributed by atoms with Gasteiger partial charge in [-0.25, -0.2) is 13.6 Å². The third-order valence-electron chi connectivity index (χ3n) is 1.73. The van der Waals surface area contributed by atoms with Crippen LogP contribution in [0, 0.1) is 0 Å². The lowest BCUT2D eigenvalue weighted by atomic mass is 10.0. The molecule has 78 valence electrons. The van der Waals surface area contributed by atoms with Gasteiger partial charge in [0.15, 0.2) is 0 Å². The first-order valence-electron chi connectivity index (χ1n) is 3.99. The molecular formula is C8H13N3O2S. The number of aromatic nitrogens is 1. The fourth-order valence-corrected chi connectivity index (χ4v) is 1.39. The maximum atomic E-state index is 10.9. The first-order chi connectivity index (χ1) is 6.21. The molecule has 4 N–H and O–H groups in total. The van der Waals surface area contributed by atoms with Crippen LogP contribution in [0.3, 0.4) is 0 Å². The number of rotatable bonds is 2. The van der Waals surface area contributed by atoms with E-state index in [1.54, 1.807) is 19.9 Å². The number of hydrogen-bond acceptors (Lipinski definition) is 4. The van der Waals surface area contributed by atoms with E-state index in [0.717, 1.165) is 0 Å². The summed E-state index contributed by atoms with van der Waals surface area (Å²) in [5.74, 6) is 0. The van der Waals surface area contributed by atoms with E-state index in [9.17, 15) is 8.42 Å². The summed E-state index contributed by atoms with van der Waals surface area (Å²) < 4.78 is 21.8. The second-order valence-electron chi connectivity index (χ2n) is 3.65. The van der Waals surface area contributed by atoms with E-state index in [-0.39, 0.29) is 4.90 Å². The molecule has 5 nitrogen and oxygen atoms in total. The molecule has 0 atom stereocenters. The summed E-state index contributed by atoms with van der Waals surface area (Å²) in [5.41, 5.74) is 5.80. The lowest BCUT2D eigenvalue weighted by molar-refractivity contribution is 0.533. The van der Waals surface area contributed by atoms with Crippen molar-refractivity contribution in [2.24, 2.45) is 10.9 Å². The number of pyridine rings is 1. The standard InChI is InChI=1S/C8H13N3O2S/c1-8(2,9)7-4-3-6(5-11-7)14(10,12)13/h3-5H,9H2,1-2H3,(H2,10,12,13). The van der Waals surface area contributed by atoms with Crippen LogP contribution in [0.15, 0.2) is 23.2 Å². The Labute approximate surface area is 83.2 Å². The first kappa shape index (κ1) is 11.1. The molecular weight excluding hydrogens is 202 g/mol. The van der Waals surface area contributed by atoms with Crippen molar-refractivity contribution in [1.82, 2.24) is 4.98 Å². The maximum Gasteiger partial charge on any atom is 0.239 e. The molecule has 0 aliphatic carbocycles. The average Bonchev–Trinajstić information content (AvgIpc) is 2.01. The summed E-state index contributed by atoms with van der Waals surface area (Å²) in [7, 11) is -3.67. The van der Waals surface area contributed by atoms with E-state index in [1.807, 2.05) is 0 Å². The Morgan fingerprint density at radius 1 is 1.36 bits per heavy atom. The molecule has 0 fully saturated rings. The average molecular weight is 215 g/mol. The maximum absolute atomic E-state index is 10.9. The van der Waals surface area contributed by atoms with Gasteiger partial charge >= 0.3 is 0 Å². The molecule has 0 amide bonds. The Morgan fingerprint density at radius 2 is 1.93 bits per heavy atom. The minimum atomic E-state index is -3.67. The summed E-state index contributed by atoms with van der Waals surface area (Å²) in [6, 6.07) is 2.95. The zero-order chi connectivity index (χ0) is 11.0. The molecule has 0 unspecified atom stereocenters. The van der Waals surface area contributed by atoms with Crippen LogP contribution in [0.5, 0.6) is 0 Å². The molecule has 0 aliphatic rings. The van der Waals surface area contributed by atoms with Crippen LogP contribution in [0.25, 0.3) is 0 Å². The molecule has 0 saturated heterocycles. The normalized spacial score (nSPS) is 12.9. The topological polar surface area (TPSA) is 99.1 Å².